The van der Waals surface area contributed by atoms with E-state index in [0.717, 1.165) is 29.7 Å². The van der Waals surface area contributed by atoms with Crippen molar-refractivity contribution in [2.24, 2.45) is 0 Å². The van der Waals surface area contributed by atoms with Gasteiger partial charge in [0.15, 0.2) is 5.82 Å². The highest BCUT2D eigenvalue weighted by atomic mass is 16.7. The smallest absolute Gasteiger partial charge is 0.171 e. The van der Waals surface area contributed by atoms with Crippen molar-refractivity contribution in [2.75, 3.05) is 18.8 Å². The van der Waals surface area contributed by atoms with E-state index < -0.39 is 0 Å². The number of nitrogens with zero attached hydrogens (tertiary/aromatic N) is 2. The zero-order chi connectivity index (χ0) is 12.1. The highest BCUT2D eigenvalue weighted by molar-refractivity contribution is 5.79. The van der Waals surface area contributed by atoms with Crippen LogP contribution in [-0.2, 0) is 4.84 Å². The van der Waals surface area contributed by atoms with Gasteiger partial charge in [-0.15, -0.1) is 0 Å². The Kier molecular flexibility index (Phi) is 3.90. The summed E-state index contributed by atoms with van der Waals surface area (Å²) in [6, 6.07) is 12.0. The SMILES string of the molecule is CCCNN(OC)c1ccc2ccccc2n1. The monoisotopic (exact) mass is 231 g/mol. The quantitative estimate of drug-likeness (QED) is 0.802. The van der Waals surface area contributed by atoms with Crippen molar-refractivity contribution in [3.8, 4) is 0 Å². The van der Waals surface area contributed by atoms with Crippen molar-refractivity contribution in [1.82, 2.24) is 10.4 Å². The van der Waals surface area contributed by atoms with Gasteiger partial charge < -0.3 is 0 Å². The van der Waals surface area contributed by atoms with Crippen LogP contribution >= 0.6 is 0 Å². The number of para-hydroxylation sites is 1. The Labute approximate surface area is 101 Å². The molecule has 4 heteroatoms. The molecule has 0 aliphatic rings. The first kappa shape index (κ1) is 11.8. The minimum Gasteiger partial charge on any atom is -0.260 e. The normalized spacial score (nSPS) is 10.7. The molecule has 0 spiro atoms. The Bertz CT molecular complexity index is 487. The molecule has 0 saturated carbocycles. The fraction of sp³-hybridized carbons (Fsp3) is 0.308. The summed E-state index contributed by atoms with van der Waals surface area (Å²) in [7, 11) is 1.62. The van der Waals surface area contributed by atoms with E-state index in [9.17, 15) is 0 Å². The number of hydrogen-bond acceptors (Lipinski definition) is 4. The molecule has 0 amide bonds. The predicted octanol–water partition coefficient (Wildman–Crippen LogP) is 2.52. The number of hydrogen-bond donors (Lipinski definition) is 1. The zero-order valence-corrected chi connectivity index (χ0v) is 10.2. The van der Waals surface area contributed by atoms with Crippen molar-refractivity contribution >= 4 is 16.7 Å². The molecule has 90 valence electrons. The van der Waals surface area contributed by atoms with Gasteiger partial charge in [-0.2, -0.15) is 5.17 Å². The van der Waals surface area contributed by atoms with Crippen LogP contribution in [0.5, 0.6) is 0 Å². The molecule has 0 aliphatic heterocycles. The summed E-state index contributed by atoms with van der Waals surface area (Å²) in [5, 5.41) is 2.72. The fourth-order valence-electron chi connectivity index (χ4n) is 1.62. The summed E-state index contributed by atoms with van der Waals surface area (Å²) >= 11 is 0. The van der Waals surface area contributed by atoms with Crippen molar-refractivity contribution in [2.45, 2.75) is 13.3 Å². The molecular weight excluding hydrogens is 214 g/mol. The summed E-state index contributed by atoms with van der Waals surface area (Å²) in [4.78, 5) is 9.78. The minimum atomic E-state index is 0.764. The highest BCUT2D eigenvalue weighted by Crippen LogP contribution is 2.16. The van der Waals surface area contributed by atoms with Crippen molar-refractivity contribution in [3.05, 3.63) is 36.4 Å². The molecule has 1 aromatic carbocycles. The molecular formula is C13H17N3O. The first-order chi connectivity index (χ1) is 8.35. The van der Waals surface area contributed by atoms with E-state index in [4.69, 9.17) is 4.84 Å². The van der Waals surface area contributed by atoms with E-state index in [1.54, 1.807) is 12.3 Å². The number of rotatable bonds is 5. The Morgan fingerprint density at radius 1 is 1.24 bits per heavy atom. The maximum absolute atomic E-state index is 5.25. The predicted molar refractivity (Wildman–Crippen MR) is 69.5 cm³/mol. The van der Waals surface area contributed by atoms with Gasteiger partial charge in [-0.1, -0.05) is 25.1 Å². The minimum absolute atomic E-state index is 0.764. The standard InChI is InChI=1S/C13H17N3O/c1-3-10-14-16(17-2)13-9-8-11-6-4-5-7-12(11)15-13/h4-9,14H,3,10H2,1-2H3. The Morgan fingerprint density at radius 2 is 2.06 bits per heavy atom. The second-order valence-electron chi connectivity index (χ2n) is 3.75. The third-order valence-electron chi connectivity index (χ3n) is 2.48. The highest BCUT2D eigenvalue weighted by Gasteiger charge is 2.06. The molecule has 0 fully saturated rings. The number of pyridine rings is 1. The van der Waals surface area contributed by atoms with Crippen LogP contribution < -0.4 is 10.6 Å². The van der Waals surface area contributed by atoms with Crippen LogP contribution in [0.1, 0.15) is 13.3 Å². The molecule has 17 heavy (non-hydrogen) atoms. The molecule has 0 aliphatic carbocycles. The van der Waals surface area contributed by atoms with Crippen LogP contribution in [0, 0.1) is 0 Å². The summed E-state index contributed by atoms with van der Waals surface area (Å²) in [6.45, 7) is 2.96. The van der Waals surface area contributed by atoms with Crippen LogP contribution in [0.3, 0.4) is 0 Å². The van der Waals surface area contributed by atoms with Crippen molar-refractivity contribution < 1.29 is 4.84 Å². The number of fused-ring (bicyclic) bond motifs is 1. The van der Waals surface area contributed by atoms with Crippen molar-refractivity contribution in [1.29, 1.82) is 0 Å². The van der Waals surface area contributed by atoms with Gasteiger partial charge in [0.25, 0.3) is 0 Å². The molecule has 0 radical (unpaired) electrons. The molecule has 2 aromatic rings. The molecule has 0 atom stereocenters. The van der Waals surface area contributed by atoms with Crippen molar-refractivity contribution in [3.63, 3.8) is 0 Å². The van der Waals surface area contributed by atoms with Crippen LogP contribution in [-0.4, -0.2) is 18.6 Å². The van der Waals surface area contributed by atoms with Gasteiger partial charge >= 0.3 is 0 Å². The molecule has 2 rings (SSSR count). The molecule has 1 heterocycles. The zero-order valence-electron chi connectivity index (χ0n) is 10.2. The number of anilines is 1. The van der Waals surface area contributed by atoms with Crippen LogP contribution in [0.15, 0.2) is 36.4 Å². The maximum Gasteiger partial charge on any atom is 0.171 e. The maximum atomic E-state index is 5.25. The molecule has 0 bridgehead atoms. The summed E-state index contributed by atoms with van der Waals surface area (Å²) in [5.41, 5.74) is 4.11. The van der Waals surface area contributed by atoms with E-state index >= 15 is 0 Å². The van der Waals surface area contributed by atoms with Gasteiger partial charge in [0, 0.05) is 11.9 Å². The van der Waals surface area contributed by atoms with E-state index in [-0.39, 0.29) is 0 Å². The molecule has 0 saturated heterocycles. The third kappa shape index (κ3) is 2.72. The Hall–Kier alpha value is -1.65. The second-order valence-corrected chi connectivity index (χ2v) is 3.75. The van der Waals surface area contributed by atoms with E-state index in [0.29, 0.717) is 0 Å². The molecule has 1 N–H and O–H groups in total. The molecule has 0 unspecified atom stereocenters. The fourth-order valence-corrected chi connectivity index (χ4v) is 1.62. The third-order valence-corrected chi connectivity index (χ3v) is 2.48. The number of nitrogens with one attached hydrogen (secondary N) is 1. The second kappa shape index (κ2) is 5.61. The summed E-state index contributed by atoms with van der Waals surface area (Å²) in [5.74, 6) is 0.764. The molecule has 1 aromatic heterocycles. The van der Waals surface area contributed by atoms with Crippen LogP contribution in [0.2, 0.25) is 0 Å². The summed E-state index contributed by atoms with van der Waals surface area (Å²) < 4.78 is 0. The van der Waals surface area contributed by atoms with Crippen LogP contribution in [0.25, 0.3) is 10.9 Å². The largest absolute Gasteiger partial charge is 0.260 e. The van der Waals surface area contributed by atoms with Gasteiger partial charge in [-0.3, -0.25) is 4.84 Å². The number of benzene rings is 1. The lowest BCUT2D eigenvalue weighted by Crippen LogP contribution is -2.38. The van der Waals surface area contributed by atoms with Gasteiger partial charge in [-0.25, -0.2) is 10.4 Å². The number of hydrazine groups is 1. The van der Waals surface area contributed by atoms with Gasteiger partial charge in [0.2, 0.25) is 0 Å². The van der Waals surface area contributed by atoms with Gasteiger partial charge in [0.05, 0.1) is 12.6 Å². The first-order valence-electron chi connectivity index (χ1n) is 5.78. The lowest BCUT2D eigenvalue weighted by atomic mass is 10.2. The first-order valence-corrected chi connectivity index (χ1v) is 5.78. The average molecular weight is 231 g/mol. The Balaban J connectivity index is 2.27. The van der Waals surface area contributed by atoms with E-state index in [1.807, 2.05) is 36.4 Å². The average Bonchev–Trinajstić information content (AvgIpc) is 2.39. The lowest BCUT2D eigenvalue weighted by Gasteiger charge is -2.21. The van der Waals surface area contributed by atoms with Crippen LogP contribution in [0.4, 0.5) is 5.82 Å². The van der Waals surface area contributed by atoms with Gasteiger partial charge in [0.1, 0.15) is 0 Å². The lowest BCUT2D eigenvalue weighted by molar-refractivity contribution is 0.133. The molecule has 4 nitrogen and oxygen atoms in total. The van der Waals surface area contributed by atoms with E-state index in [2.05, 4.69) is 17.3 Å². The summed E-state index contributed by atoms with van der Waals surface area (Å²) in [6.07, 6.45) is 1.04. The topological polar surface area (TPSA) is 37.4 Å². The van der Waals surface area contributed by atoms with E-state index in [1.165, 1.54) is 0 Å². The van der Waals surface area contributed by atoms with Gasteiger partial charge in [-0.05, 0) is 24.6 Å². The number of aromatic nitrogens is 1. The Morgan fingerprint density at radius 3 is 2.82 bits per heavy atom.